The zero-order chi connectivity index (χ0) is 18.5. The summed E-state index contributed by atoms with van der Waals surface area (Å²) in [5.74, 6) is 1.50. The Labute approximate surface area is 172 Å². The largest absolute Gasteiger partial charge is 0.354 e. The second-order valence-electron chi connectivity index (χ2n) is 6.68. The molecule has 1 aliphatic rings. The van der Waals surface area contributed by atoms with Crippen LogP contribution in [-0.4, -0.2) is 80.8 Å². The number of guanidine groups is 1. The fraction of sp³-hybridized carbons (Fsp3) is 0.667. The van der Waals surface area contributed by atoms with Gasteiger partial charge in [-0.25, -0.2) is 23.1 Å². The van der Waals surface area contributed by atoms with E-state index in [1.54, 1.807) is 25.5 Å². The van der Waals surface area contributed by atoms with Gasteiger partial charge in [-0.05, 0) is 19.9 Å². The molecule has 2 N–H and O–H groups in total. The van der Waals surface area contributed by atoms with Crippen LogP contribution >= 0.6 is 24.0 Å². The predicted octanol–water partition coefficient (Wildman–Crippen LogP) is 0.120. The Hall–Kier alpha value is -1.21. The van der Waals surface area contributed by atoms with Gasteiger partial charge in [0.2, 0.25) is 16.0 Å². The molecular weight excluding hydrogens is 469 g/mol. The van der Waals surface area contributed by atoms with Gasteiger partial charge in [0.1, 0.15) is 0 Å². The first kappa shape index (κ1) is 22.8. The summed E-state index contributed by atoms with van der Waals surface area (Å²) < 4.78 is 25.5. The highest BCUT2D eigenvalue weighted by atomic mass is 127. The van der Waals surface area contributed by atoms with E-state index in [9.17, 15) is 8.42 Å². The second-order valence-corrected chi connectivity index (χ2v) is 8.43. The maximum atomic E-state index is 11.4. The van der Waals surface area contributed by atoms with Crippen molar-refractivity contribution in [1.82, 2.24) is 24.9 Å². The van der Waals surface area contributed by atoms with Gasteiger partial charge in [-0.3, -0.25) is 4.99 Å². The van der Waals surface area contributed by atoms with Crippen molar-refractivity contribution >= 4 is 45.9 Å². The van der Waals surface area contributed by atoms with E-state index in [1.807, 2.05) is 13.8 Å². The maximum Gasteiger partial charge on any atom is 0.225 e. The number of aliphatic imine (C=N–C) groups is 1. The Kier molecular flexibility index (Phi) is 8.47. The average molecular weight is 497 g/mol. The molecule has 0 bridgehead atoms. The summed E-state index contributed by atoms with van der Waals surface area (Å²) in [4.78, 5) is 17.2. The molecule has 0 amide bonds. The zero-order valence-corrected chi connectivity index (χ0v) is 18.8. The molecule has 26 heavy (non-hydrogen) atoms. The topological polar surface area (TPSA) is 103 Å². The lowest BCUT2D eigenvalue weighted by atomic mass is 10.1. The maximum absolute atomic E-state index is 11.4. The van der Waals surface area contributed by atoms with Crippen molar-refractivity contribution in [2.24, 2.45) is 4.99 Å². The van der Waals surface area contributed by atoms with Crippen LogP contribution in [0.25, 0.3) is 0 Å². The minimum Gasteiger partial charge on any atom is -0.354 e. The molecule has 148 valence electrons. The number of piperazine rings is 1. The number of hydrogen-bond acceptors (Lipinski definition) is 6. The first-order chi connectivity index (χ1) is 11.7. The molecule has 0 radical (unpaired) electrons. The van der Waals surface area contributed by atoms with Crippen molar-refractivity contribution in [2.45, 2.75) is 19.4 Å². The normalized spacial score (nSPS) is 16.2. The van der Waals surface area contributed by atoms with Gasteiger partial charge in [0.05, 0.1) is 6.26 Å². The van der Waals surface area contributed by atoms with Crippen molar-refractivity contribution in [3.8, 4) is 0 Å². The van der Waals surface area contributed by atoms with E-state index >= 15 is 0 Å². The van der Waals surface area contributed by atoms with E-state index in [-0.39, 0.29) is 24.0 Å². The molecule has 1 fully saturated rings. The van der Waals surface area contributed by atoms with Crippen LogP contribution in [-0.2, 0) is 10.0 Å². The van der Waals surface area contributed by atoms with Crippen LogP contribution in [0.4, 0.5) is 5.95 Å². The molecule has 1 aromatic rings. The van der Waals surface area contributed by atoms with Crippen LogP contribution in [0, 0.1) is 0 Å². The van der Waals surface area contributed by atoms with Crippen LogP contribution in [0.5, 0.6) is 0 Å². The second kappa shape index (κ2) is 9.65. The van der Waals surface area contributed by atoms with Gasteiger partial charge in [-0.2, -0.15) is 0 Å². The van der Waals surface area contributed by atoms with Gasteiger partial charge in [-0.15, -0.1) is 24.0 Å². The molecule has 0 aliphatic carbocycles. The van der Waals surface area contributed by atoms with Crippen LogP contribution in [0.3, 0.4) is 0 Å². The number of nitrogens with zero attached hydrogens (tertiary/aromatic N) is 5. The smallest absolute Gasteiger partial charge is 0.225 e. The van der Waals surface area contributed by atoms with E-state index in [2.05, 4.69) is 34.8 Å². The fourth-order valence-corrected chi connectivity index (χ4v) is 3.82. The Bertz CT molecular complexity index is 689. The number of rotatable bonds is 5. The Morgan fingerprint density at radius 2 is 1.81 bits per heavy atom. The van der Waals surface area contributed by atoms with Crippen LogP contribution in [0.2, 0.25) is 0 Å². The van der Waals surface area contributed by atoms with Gasteiger partial charge in [0, 0.05) is 57.7 Å². The van der Waals surface area contributed by atoms with Crippen molar-refractivity contribution in [3.05, 3.63) is 18.5 Å². The van der Waals surface area contributed by atoms with Gasteiger partial charge in [0.15, 0.2) is 5.96 Å². The molecular formula is C15H28IN7O2S. The van der Waals surface area contributed by atoms with Crippen LogP contribution in [0.1, 0.15) is 13.8 Å². The first-order valence-electron chi connectivity index (χ1n) is 8.17. The van der Waals surface area contributed by atoms with Crippen LogP contribution in [0.15, 0.2) is 23.5 Å². The molecule has 2 rings (SSSR count). The molecule has 2 heterocycles. The molecule has 0 spiro atoms. The summed E-state index contributed by atoms with van der Waals surface area (Å²) in [6, 6.07) is 1.80. The van der Waals surface area contributed by atoms with Crippen molar-refractivity contribution < 1.29 is 8.42 Å². The van der Waals surface area contributed by atoms with E-state index in [0.717, 1.165) is 44.3 Å². The molecule has 0 saturated carbocycles. The van der Waals surface area contributed by atoms with E-state index < -0.39 is 15.6 Å². The van der Waals surface area contributed by atoms with E-state index in [0.29, 0.717) is 6.54 Å². The van der Waals surface area contributed by atoms with Gasteiger partial charge < -0.3 is 15.1 Å². The minimum absolute atomic E-state index is 0. The third-order valence-corrected chi connectivity index (χ3v) is 4.70. The molecule has 9 nitrogen and oxygen atoms in total. The minimum atomic E-state index is -3.26. The van der Waals surface area contributed by atoms with Crippen molar-refractivity contribution in [1.29, 1.82) is 0 Å². The van der Waals surface area contributed by atoms with Crippen LogP contribution < -0.4 is 14.9 Å². The zero-order valence-electron chi connectivity index (χ0n) is 15.6. The summed E-state index contributed by atoms with van der Waals surface area (Å²) >= 11 is 0. The van der Waals surface area contributed by atoms with E-state index in [4.69, 9.17) is 0 Å². The summed E-state index contributed by atoms with van der Waals surface area (Å²) in [6.07, 6.45) is 4.65. The third kappa shape index (κ3) is 7.19. The number of nitrogens with one attached hydrogen (secondary N) is 2. The highest BCUT2D eigenvalue weighted by Crippen LogP contribution is 2.10. The number of aromatic nitrogens is 2. The standard InChI is InChI=1S/C15H27N7O2S.HI/c1-15(2,20-25(4,23)24)12-19-13(16-3)21-8-10-22(11-9-21)14-17-6-5-7-18-14;/h5-7,20H,8-12H2,1-4H3,(H,16,19);1H. The molecule has 0 aromatic carbocycles. The highest BCUT2D eigenvalue weighted by Gasteiger charge is 2.25. The number of anilines is 1. The summed E-state index contributed by atoms with van der Waals surface area (Å²) in [7, 11) is -1.54. The molecule has 11 heteroatoms. The summed E-state index contributed by atoms with van der Waals surface area (Å²) in [5.41, 5.74) is -0.608. The number of hydrogen-bond donors (Lipinski definition) is 2. The molecule has 1 aromatic heterocycles. The third-order valence-electron chi connectivity index (χ3n) is 3.78. The highest BCUT2D eigenvalue weighted by molar-refractivity contribution is 14.0. The molecule has 1 saturated heterocycles. The number of sulfonamides is 1. The monoisotopic (exact) mass is 497 g/mol. The number of halogens is 1. The first-order valence-corrected chi connectivity index (χ1v) is 10.1. The lowest BCUT2D eigenvalue weighted by Gasteiger charge is -2.37. The summed E-state index contributed by atoms with van der Waals surface area (Å²) in [5, 5.41) is 3.26. The predicted molar refractivity (Wildman–Crippen MR) is 115 cm³/mol. The Balaban J connectivity index is 0.00000338. The van der Waals surface area contributed by atoms with Crippen molar-refractivity contribution in [3.63, 3.8) is 0 Å². The quantitative estimate of drug-likeness (QED) is 0.339. The Morgan fingerprint density at radius 1 is 1.23 bits per heavy atom. The van der Waals surface area contributed by atoms with Gasteiger partial charge in [-0.1, -0.05) is 0 Å². The average Bonchev–Trinajstić information content (AvgIpc) is 2.54. The van der Waals surface area contributed by atoms with E-state index in [1.165, 1.54) is 0 Å². The fourth-order valence-electron chi connectivity index (χ4n) is 2.74. The molecule has 0 unspecified atom stereocenters. The lowest BCUT2D eigenvalue weighted by molar-refractivity contribution is 0.361. The molecule has 0 atom stereocenters. The van der Waals surface area contributed by atoms with Gasteiger partial charge >= 0.3 is 0 Å². The Morgan fingerprint density at radius 3 is 2.31 bits per heavy atom. The lowest BCUT2D eigenvalue weighted by Crippen LogP contribution is -2.57. The molecule has 1 aliphatic heterocycles. The SMILES string of the molecule is CN=C(NCC(C)(C)NS(C)(=O)=O)N1CCN(c2ncccn2)CC1.I. The van der Waals surface area contributed by atoms with Gasteiger partial charge in [0.25, 0.3) is 0 Å². The van der Waals surface area contributed by atoms with Crippen molar-refractivity contribution in [2.75, 3.05) is 50.9 Å². The summed E-state index contributed by atoms with van der Waals surface area (Å²) in [6.45, 7) is 7.29.